The number of fused-ring (bicyclic) bond motifs is 1. The second-order valence-corrected chi connectivity index (χ2v) is 7.88. The lowest BCUT2D eigenvalue weighted by Crippen LogP contribution is -2.43. The van der Waals surface area contributed by atoms with Gasteiger partial charge >= 0.3 is 0 Å². The number of aromatic nitrogens is 2. The van der Waals surface area contributed by atoms with Crippen LogP contribution in [0, 0.1) is 5.82 Å². The van der Waals surface area contributed by atoms with E-state index in [1.807, 2.05) is 10.3 Å². The largest absolute Gasteiger partial charge is 0.287 e. The monoisotopic (exact) mass is 404 g/mol. The van der Waals surface area contributed by atoms with Crippen LogP contribution in [0.15, 0.2) is 58.2 Å². The molecule has 10 heteroatoms. The van der Waals surface area contributed by atoms with E-state index < -0.39 is 26.6 Å². The Labute approximate surface area is 160 Å². The average Bonchev–Trinajstić information content (AvgIpc) is 2.66. The number of amides is 1. The SMILES string of the molecule is CC(C)n1nc(C(=O)NNS(=O)(=O)c2ccccc2F)c2ccccc2c1=O. The van der Waals surface area contributed by atoms with E-state index >= 15 is 0 Å². The zero-order chi connectivity index (χ0) is 20.5. The summed E-state index contributed by atoms with van der Waals surface area (Å²) in [5.74, 6) is -1.84. The minimum absolute atomic E-state index is 0.139. The number of hydrogen-bond acceptors (Lipinski definition) is 5. The first-order valence-electron chi connectivity index (χ1n) is 8.30. The number of carbonyl (C=O) groups is 1. The molecule has 0 aliphatic carbocycles. The lowest BCUT2D eigenvalue weighted by molar-refractivity contribution is 0.0939. The molecule has 0 fully saturated rings. The maximum atomic E-state index is 13.7. The summed E-state index contributed by atoms with van der Waals surface area (Å²) in [6.07, 6.45) is 0. The fraction of sp³-hybridized carbons (Fsp3) is 0.167. The van der Waals surface area contributed by atoms with E-state index in [4.69, 9.17) is 0 Å². The molecule has 0 saturated carbocycles. The lowest BCUT2D eigenvalue weighted by atomic mass is 10.1. The van der Waals surface area contributed by atoms with Gasteiger partial charge < -0.3 is 0 Å². The highest BCUT2D eigenvalue weighted by Crippen LogP contribution is 2.15. The van der Waals surface area contributed by atoms with Crippen LogP contribution in [0.4, 0.5) is 4.39 Å². The maximum Gasteiger partial charge on any atom is 0.287 e. The van der Waals surface area contributed by atoms with Crippen molar-refractivity contribution in [3.05, 3.63) is 70.4 Å². The zero-order valence-electron chi connectivity index (χ0n) is 15.0. The quantitative estimate of drug-likeness (QED) is 0.630. The van der Waals surface area contributed by atoms with Crippen LogP contribution in [0.3, 0.4) is 0 Å². The third-order valence-electron chi connectivity index (χ3n) is 3.96. The molecule has 0 saturated heterocycles. The van der Waals surface area contributed by atoms with E-state index in [1.165, 1.54) is 18.2 Å². The van der Waals surface area contributed by atoms with E-state index in [1.54, 1.807) is 32.0 Å². The van der Waals surface area contributed by atoms with Crippen LogP contribution in [0.2, 0.25) is 0 Å². The van der Waals surface area contributed by atoms with Crippen molar-refractivity contribution in [3.8, 4) is 0 Å². The number of nitrogens with zero attached hydrogens (tertiary/aromatic N) is 2. The van der Waals surface area contributed by atoms with Gasteiger partial charge in [-0.2, -0.15) is 5.10 Å². The molecule has 3 aromatic rings. The summed E-state index contributed by atoms with van der Waals surface area (Å²) in [7, 11) is -4.34. The number of carbonyl (C=O) groups excluding carboxylic acids is 1. The molecular formula is C18H17FN4O4S. The summed E-state index contributed by atoms with van der Waals surface area (Å²) >= 11 is 0. The molecule has 1 amide bonds. The van der Waals surface area contributed by atoms with Gasteiger partial charge in [-0.15, -0.1) is 4.83 Å². The molecule has 0 radical (unpaired) electrons. The molecule has 0 unspecified atom stereocenters. The molecule has 0 aliphatic heterocycles. The molecule has 28 heavy (non-hydrogen) atoms. The van der Waals surface area contributed by atoms with Gasteiger partial charge in [-0.25, -0.2) is 17.5 Å². The Morgan fingerprint density at radius 2 is 1.68 bits per heavy atom. The van der Waals surface area contributed by atoms with Crippen LogP contribution in [0.5, 0.6) is 0 Å². The minimum Gasteiger partial charge on any atom is -0.272 e. The van der Waals surface area contributed by atoms with Crippen molar-refractivity contribution in [1.29, 1.82) is 0 Å². The summed E-state index contributed by atoms with van der Waals surface area (Å²) in [5.41, 5.74) is 1.52. The number of hydrazine groups is 1. The third-order valence-corrected chi connectivity index (χ3v) is 5.24. The summed E-state index contributed by atoms with van der Waals surface area (Å²) in [5, 5.41) is 4.62. The molecule has 0 aliphatic rings. The Hall–Kier alpha value is -3.11. The number of sulfonamides is 1. The van der Waals surface area contributed by atoms with Gasteiger partial charge in [0.05, 0.1) is 11.4 Å². The smallest absolute Gasteiger partial charge is 0.272 e. The number of halogens is 1. The van der Waals surface area contributed by atoms with E-state index in [0.29, 0.717) is 0 Å². The van der Waals surface area contributed by atoms with E-state index in [0.717, 1.165) is 16.8 Å². The first-order chi connectivity index (χ1) is 13.2. The van der Waals surface area contributed by atoms with Gasteiger partial charge in [0, 0.05) is 5.39 Å². The number of hydrogen-bond donors (Lipinski definition) is 2. The van der Waals surface area contributed by atoms with Crippen molar-refractivity contribution in [3.63, 3.8) is 0 Å². The Morgan fingerprint density at radius 1 is 1.07 bits per heavy atom. The van der Waals surface area contributed by atoms with Crippen LogP contribution >= 0.6 is 0 Å². The highest BCUT2D eigenvalue weighted by Gasteiger charge is 2.22. The topological polar surface area (TPSA) is 110 Å². The fourth-order valence-corrected chi connectivity index (χ4v) is 3.53. The van der Waals surface area contributed by atoms with E-state index in [2.05, 4.69) is 5.10 Å². The van der Waals surface area contributed by atoms with Crippen molar-refractivity contribution in [2.24, 2.45) is 0 Å². The van der Waals surface area contributed by atoms with Gasteiger partial charge in [-0.3, -0.25) is 15.0 Å². The van der Waals surface area contributed by atoms with Gasteiger partial charge in [0.2, 0.25) is 0 Å². The van der Waals surface area contributed by atoms with Crippen LogP contribution in [-0.4, -0.2) is 24.1 Å². The van der Waals surface area contributed by atoms with E-state index in [-0.39, 0.29) is 28.1 Å². The second kappa shape index (κ2) is 7.49. The molecular weight excluding hydrogens is 387 g/mol. The molecule has 2 N–H and O–H groups in total. The molecule has 1 heterocycles. The highest BCUT2D eigenvalue weighted by atomic mass is 32.2. The molecule has 146 valence electrons. The van der Waals surface area contributed by atoms with Gasteiger partial charge in [0.1, 0.15) is 10.7 Å². The minimum atomic E-state index is -4.34. The van der Waals surface area contributed by atoms with Crippen LogP contribution in [-0.2, 0) is 10.0 Å². The number of rotatable bonds is 5. The average molecular weight is 404 g/mol. The second-order valence-electron chi connectivity index (χ2n) is 6.23. The molecule has 1 aromatic heterocycles. The molecule has 2 aromatic carbocycles. The number of benzene rings is 2. The third kappa shape index (κ3) is 3.64. The van der Waals surface area contributed by atoms with Crippen molar-refractivity contribution in [2.75, 3.05) is 0 Å². The molecule has 8 nitrogen and oxygen atoms in total. The number of nitrogens with one attached hydrogen (secondary N) is 2. The predicted molar refractivity (Wildman–Crippen MR) is 101 cm³/mol. The normalized spacial score (nSPS) is 11.7. The summed E-state index contributed by atoms with van der Waals surface area (Å²) in [4.78, 5) is 26.3. The Morgan fingerprint density at radius 3 is 2.32 bits per heavy atom. The highest BCUT2D eigenvalue weighted by molar-refractivity contribution is 7.89. The first-order valence-corrected chi connectivity index (χ1v) is 9.79. The Balaban J connectivity index is 1.97. The maximum absolute atomic E-state index is 13.7. The standard InChI is InChI=1S/C18H17FN4O4S/c1-11(2)23-18(25)13-8-4-3-7-12(13)16(21-23)17(24)20-22-28(26,27)15-10-6-5-9-14(15)19/h3-11,22H,1-2H3,(H,20,24). The predicted octanol–water partition coefficient (Wildman–Crippen LogP) is 1.74. The van der Waals surface area contributed by atoms with Gasteiger partial charge in [0.25, 0.3) is 21.5 Å². The summed E-state index contributed by atoms with van der Waals surface area (Å²) < 4.78 is 39.4. The van der Waals surface area contributed by atoms with Crippen molar-refractivity contribution >= 4 is 26.7 Å². The molecule has 0 bridgehead atoms. The van der Waals surface area contributed by atoms with Crippen molar-refractivity contribution in [2.45, 2.75) is 24.8 Å². The van der Waals surface area contributed by atoms with Gasteiger partial charge in [-0.05, 0) is 32.0 Å². The summed E-state index contributed by atoms with van der Waals surface area (Å²) in [6.45, 7) is 3.46. The molecule has 0 atom stereocenters. The van der Waals surface area contributed by atoms with Gasteiger partial charge in [-0.1, -0.05) is 30.3 Å². The Kier molecular flexibility index (Phi) is 5.25. The van der Waals surface area contributed by atoms with Crippen molar-refractivity contribution < 1.29 is 17.6 Å². The van der Waals surface area contributed by atoms with E-state index in [9.17, 15) is 22.4 Å². The van der Waals surface area contributed by atoms with Crippen LogP contribution < -0.4 is 15.8 Å². The fourth-order valence-electron chi connectivity index (χ4n) is 2.61. The lowest BCUT2D eigenvalue weighted by Gasteiger charge is -2.14. The zero-order valence-corrected chi connectivity index (χ0v) is 15.8. The first kappa shape index (κ1) is 19.6. The van der Waals surface area contributed by atoms with Crippen LogP contribution in [0.25, 0.3) is 10.8 Å². The van der Waals surface area contributed by atoms with Crippen molar-refractivity contribution in [1.82, 2.24) is 20.0 Å². The van der Waals surface area contributed by atoms with Crippen LogP contribution in [0.1, 0.15) is 30.4 Å². The Bertz CT molecular complexity index is 1220. The molecule has 0 spiro atoms. The molecule has 3 rings (SSSR count). The summed E-state index contributed by atoms with van der Waals surface area (Å²) in [6, 6.07) is 10.8. The van der Waals surface area contributed by atoms with Gasteiger partial charge in [0.15, 0.2) is 5.69 Å².